The van der Waals surface area contributed by atoms with E-state index >= 15 is 0 Å². The molecule has 0 fully saturated rings. The van der Waals surface area contributed by atoms with Crippen molar-refractivity contribution < 1.29 is 13.7 Å². The van der Waals surface area contributed by atoms with Crippen molar-refractivity contribution in [2.45, 2.75) is 33.3 Å². The van der Waals surface area contributed by atoms with Crippen LogP contribution in [0.1, 0.15) is 29.2 Å². The van der Waals surface area contributed by atoms with Crippen LogP contribution in [-0.2, 0) is 17.8 Å². The minimum Gasteiger partial charge on any atom is -0.467 e. The van der Waals surface area contributed by atoms with Crippen molar-refractivity contribution in [3.05, 3.63) is 41.2 Å². The number of aromatic nitrogens is 1. The summed E-state index contributed by atoms with van der Waals surface area (Å²) in [4.78, 5) is 4.21. The zero-order valence-electron chi connectivity index (χ0n) is 15.0. The molecule has 0 atom stereocenters. The van der Waals surface area contributed by atoms with Crippen molar-refractivity contribution in [2.24, 2.45) is 4.99 Å². The Balaban J connectivity index is 0.00000312. The maximum Gasteiger partial charge on any atom is 0.190 e. The molecule has 0 aliphatic heterocycles. The molecule has 0 radical (unpaired) electrons. The molecule has 0 aliphatic carbocycles. The highest BCUT2D eigenvalue weighted by molar-refractivity contribution is 14.0. The van der Waals surface area contributed by atoms with E-state index in [0.29, 0.717) is 13.2 Å². The van der Waals surface area contributed by atoms with E-state index in [2.05, 4.69) is 20.8 Å². The molecule has 0 unspecified atom stereocenters. The van der Waals surface area contributed by atoms with Crippen molar-refractivity contribution in [3.63, 3.8) is 0 Å². The summed E-state index contributed by atoms with van der Waals surface area (Å²) in [5.74, 6) is 2.51. The highest BCUT2D eigenvalue weighted by atomic mass is 127. The first-order valence-electron chi connectivity index (χ1n) is 8.17. The fraction of sp³-hybridized carbons (Fsp3) is 0.529. The van der Waals surface area contributed by atoms with E-state index in [4.69, 9.17) is 13.7 Å². The van der Waals surface area contributed by atoms with E-state index < -0.39 is 0 Å². The van der Waals surface area contributed by atoms with Crippen LogP contribution in [0.25, 0.3) is 0 Å². The summed E-state index contributed by atoms with van der Waals surface area (Å²) in [6, 6.07) is 3.77. The number of ether oxygens (including phenoxy) is 1. The highest BCUT2D eigenvalue weighted by Crippen LogP contribution is 2.11. The topological polar surface area (TPSA) is 84.8 Å². The average Bonchev–Trinajstić information content (AvgIpc) is 3.20. The van der Waals surface area contributed by atoms with Crippen LogP contribution in [-0.4, -0.2) is 37.9 Å². The van der Waals surface area contributed by atoms with Crippen molar-refractivity contribution >= 4 is 29.9 Å². The average molecular weight is 462 g/mol. The number of guanidine groups is 1. The van der Waals surface area contributed by atoms with Gasteiger partial charge in [-0.15, -0.1) is 24.0 Å². The second kappa shape index (κ2) is 11.9. The summed E-state index contributed by atoms with van der Waals surface area (Å²) in [6.45, 7) is 6.65. The Labute approximate surface area is 165 Å². The largest absolute Gasteiger partial charge is 0.467 e. The van der Waals surface area contributed by atoms with Gasteiger partial charge in [0.05, 0.1) is 12.0 Å². The summed E-state index contributed by atoms with van der Waals surface area (Å²) in [6.07, 6.45) is 3.40. The van der Waals surface area contributed by atoms with Crippen LogP contribution in [0.2, 0.25) is 0 Å². The summed E-state index contributed by atoms with van der Waals surface area (Å²) >= 11 is 0. The third-order valence-electron chi connectivity index (χ3n) is 3.65. The van der Waals surface area contributed by atoms with Gasteiger partial charge in [-0.05, 0) is 38.8 Å². The summed E-state index contributed by atoms with van der Waals surface area (Å²) < 4.78 is 15.9. The van der Waals surface area contributed by atoms with E-state index in [9.17, 15) is 0 Å². The van der Waals surface area contributed by atoms with Gasteiger partial charge in [0.2, 0.25) is 0 Å². The number of halogens is 1. The number of nitrogens with one attached hydrogen (secondary N) is 2. The van der Waals surface area contributed by atoms with E-state index in [1.54, 1.807) is 13.3 Å². The van der Waals surface area contributed by atoms with Crippen LogP contribution in [0.3, 0.4) is 0 Å². The van der Waals surface area contributed by atoms with Crippen LogP contribution < -0.4 is 10.6 Å². The molecule has 0 spiro atoms. The van der Waals surface area contributed by atoms with Gasteiger partial charge >= 0.3 is 0 Å². The maximum atomic E-state index is 5.54. The Morgan fingerprint density at radius 2 is 2.08 bits per heavy atom. The molecular formula is C17H27IN4O3. The lowest BCUT2D eigenvalue weighted by Gasteiger charge is -2.11. The first-order chi connectivity index (χ1) is 11.7. The van der Waals surface area contributed by atoms with Gasteiger partial charge in [0.1, 0.15) is 18.1 Å². The van der Waals surface area contributed by atoms with Gasteiger partial charge in [0.25, 0.3) is 0 Å². The summed E-state index contributed by atoms with van der Waals surface area (Å²) in [5.41, 5.74) is 2.11. The molecule has 140 valence electrons. The second-order valence-corrected chi connectivity index (χ2v) is 5.46. The van der Waals surface area contributed by atoms with Gasteiger partial charge in [0.15, 0.2) is 5.96 Å². The predicted octanol–water partition coefficient (Wildman–Crippen LogP) is 2.82. The molecule has 2 heterocycles. The Morgan fingerprint density at radius 1 is 1.28 bits per heavy atom. The van der Waals surface area contributed by atoms with Crippen molar-refractivity contribution in [2.75, 3.05) is 26.7 Å². The SMILES string of the molecule is CN=C(NCCCOCc1ccco1)NCCc1c(C)noc1C.I. The second-order valence-electron chi connectivity index (χ2n) is 5.46. The van der Waals surface area contributed by atoms with Gasteiger partial charge < -0.3 is 24.3 Å². The molecule has 2 N–H and O–H groups in total. The van der Waals surface area contributed by atoms with Gasteiger partial charge in [-0.2, -0.15) is 0 Å². The van der Waals surface area contributed by atoms with Gasteiger partial charge in [-0.3, -0.25) is 4.99 Å². The zero-order valence-corrected chi connectivity index (χ0v) is 17.3. The molecule has 0 saturated heterocycles. The number of hydrogen-bond acceptors (Lipinski definition) is 5. The Hall–Kier alpha value is -1.55. The Kier molecular flexibility index (Phi) is 10.2. The number of aryl methyl sites for hydroxylation is 2. The van der Waals surface area contributed by atoms with E-state index in [0.717, 1.165) is 54.7 Å². The zero-order chi connectivity index (χ0) is 17.2. The lowest BCUT2D eigenvalue weighted by atomic mass is 10.1. The standard InChI is InChI=1S/C17H26N4O3.HI/c1-13-16(14(2)24-21-13)7-9-20-17(18-3)19-8-5-10-22-12-15-6-4-11-23-15;/h4,6,11H,5,7-10,12H2,1-3H3,(H2,18,19,20);1H. The van der Waals surface area contributed by atoms with Crippen LogP contribution in [0.4, 0.5) is 0 Å². The van der Waals surface area contributed by atoms with E-state index in [-0.39, 0.29) is 24.0 Å². The maximum absolute atomic E-state index is 5.54. The Morgan fingerprint density at radius 3 is 2.72 bits per heavy atom. The molecule has 8 heteroatoms. The molecule has 0 saturated carbocycles. The molecule has 2 rings (SSSR count). The summed E-state index contributed by atoms with van der Waals surface area (Å²) in [5, 5.41) is 10.5. The van der Waals surface area contributed by atoms with E-state index in [1.807, 2.05) is 26.0 Å². The summed E-state index contributed by atoms with van der Waals surface area (Å²) in [7, 11) is 1.76. The lowest BCUT2D eigenvalue weighted by molar-refractivity contribution is 0.105. The molecule has 2 aromatic rings. The van der Waals surface area contributed by atoms with Gasteiger partial charge in [-0.25, -0.2) is 0 Å². The molecule has 0 aromatic carbocycles. The third-order valence-corrected chi connectivity index (χ3v) is 3.65. The minimum absolute atomic E-state index is 0. The smallest absolute Gasteiger partial charge is 0.190 e. The monoisotopic (exact) mass is 462 g/mol. The molecule has 7 nitrogen and oxygen atoms in total. The highest BCUT2D eigenvalue weighted by Gasteiger charge is 2.08. The molecule has 2 aromatic heterocycles. The van der Waals surface area contributed by atoms with Crippen LogP contribution in [0, 0.1) is 13.8 Å². The fourth-order valence-corrected chi connectivity index (χ4v) is 2.33. The first-order valence-corrected chi connectivity index (χ1v) is 8.17. The van der Waals surface area contributed by atoms with Crippen LogP contribution in [0.5, 0.6) is 0 Å². The van der Waals surface area contributed by atoms with Gasteiger partial charge in [-0.1, -0.05) is 5.16 Å². The molecule has 0 bridgehead atoms. The quantitative estimate of drug-likeness (QED) is 0.258. The van der Waals surface area contributed by atoms with Crippen molar-refractivity contribution in [3.8, 4) is 0 Å². The predicted molar refractivity (Wildman–Crippen MR) is 107 cm³/mol. The molecule has 0 amide bonds. The number of aliphatic imine (C=N–C) groups is 1. The van der Waals surface area contributed by atoms with Crippen molar-refractivity contribution in [1.82, 2.24) is 15.8 Å². The molecule has 0 aliphatic rings. The minimum atomic E-state index is 0. The number of hydrogen-bond donors (Lipinski definition) is 2. The molecule has 25 heavy (non-hydrogen) atoms. The van der Waals surface area contributed by atoms with E-state index in [1.165, 1.54) is 0 Å². The van der Waals surface area contributed by atoms with Crippen molar-refractivity contribution in [1.29, 1.82) is 0 Å². The normalized spacial score (nSPS) is 11.2. The fourth-order valence-electron chi connectivity index (χ4n) is 2.33. The third kappa shape index (κ3) is 7.47. The number of rotatable bonds is 9. The first kappa shape index (κ1) is 21.5. The van der Waals surface area contributed by atoms with Crippen LogP contribution in [0.15, 0.2) is 32.3 Å². The number of nitrogens with zero attached hydrogens (tertiary/aromatic N) is 2. The van der Waals surface area contributed by atoms with Gasteiger partial charge in [0, 0.05) is 32.3 Å². The van der Waals surface area contributed by atoms with Crippen LogP contribution >= 0.6 is 24.0 Å². The lowest BCUT2D eigenvalue weighted by Crippen LogP contribution is -2.39. The Bertz CT molecular complexity index is 606. The molecular weight excluding hydrogens is 435 g/mol. The number of furan rings is 1.